The summed E-state index contributed by atoms with van der Waals surface area (Å²) in [6, 6.07) is -0.535. The average molecular weight is 1220 g/mol. The van der Waals surface area contributed by atoms with Crippen LogP contribution in [0.15, 0.2) is 29.4 Å². The molecule has 0 bridgehead atoms. The van der Waals surface area contributed by atoms with Gasteiger partial charge >= 0.3 is 17.9 Å². The van der Waals surface area contributed by atoms with Crippen LogP contribution in [0.2, 0.25) is 0 Å². The first-order chi connectivity index (χ1) is 40.8. The molecule has 0 aliphatic rings. The lowest BCUT2D eigenvalue weighted by molar-refractivity contribution is -0.143. The minimum atomic E-state index is -1.75. The van der Waals surface area contributed by atoms with Crippen LogP contribution in [0.1, 0.15) is 161 Å². The molecule has 482 valence electrons. The second-order valence-corrected chi connectivity index (χ2v) is 21.7. The SMILES string of the molecule is CC(C)[C@H](CC(=O)[C@H](CCC(=O)O)NC(=O)[C@H](CC(=O)O)CC(=O)CON=Cc1ccc(F)cc1)C(=O)N[C@@H](CC(=O)O)C(=O)CCC(=O)N[C@@H](CCCCN)C(=O)C[C@@H](CCCCN)C(=O)N[C@@H](CCCCN)C(=O)C[C@@H](CCCCN)C(N)=O. The summed E-state index contributed by atoms with van der Waals surface area (Å²) in [6.07, 6.45) is -0.478. The summed E-state index contributed by atoms with van der Waals surface area (Å²) in [5, 5.41) is 42.5. The Balaban J connectivity index is 3.29. The maximum Gasteiger partial charge on any atom is 0.305 e. The molecule has 1 aromatic carbocycles. The van der Waals surface area contributed by atoms with E-state index in [1.54, 1.807) is 0 Å². The minimum absolute atomic E-state index is 0.0789. The number of nitrogens with zero attached hydrogens (tertiary/aromatic N) is 1. The number of amides is 5. The van der Waals surface area contributed by atoms with Crippen LogP contribution in [0.4, 0.5) is 4.39 Å². The number of halogens is 1. The molecular formula is C58H91FN10O17. The maximum atomic E-state index is 14.1. The Bertz CT molecular complexity index is 2430. The number of primary amides is 1. The van der Waals surface area contributed by atoms with Gasteiger partial charge in [-0.05, 0) is 120 Å². The zero-order valence-corrected chi connectivity index (χ0v) is 49.4. The van der Waals surface area contributed by atoms with Gasteiger partial charge in [-0.2, -0.15) is 0 Å². The lowest BCUT2D eigenvalue weighted by Crippen LogP contribution is -2.49. The smallest absolute Gasteiger partial charge is 0.305 e. The van der Waals surface area contributed by atoms with Crippen LogP contribution in [0.25, 0.3) is 0 Å². The highest BCUT2D eigenvalue weighted by atomic mass is 19.1. The predicted octanol–water partition coefficient (Wildman–Crippen LogP) is 1.24. The molecule has 0 saturated carbocycles. The lowest BCUT2D eigenvalue weighted by atomic mass is 9.86. The minimum Gasteiger partial charge on any atom is -0.481 e. The Kier molecular flexibility index (Phi) is 38.5. The van der Waals surface area contributed by atoms with Gasteiger partial charge in [0.15, 0.2) is 35.5 Å². The third-order valence-corrected chi connectivity index (χ3v) is 14.2. The van der Waals surface area contributed by atoms with Crippen molar-refractivity contribution in [2.75, 3.05) is 32.8 Å². The van der Waals surface area contributed by atoms with Gasteiger partial charge in [0.25, 0.3) is 0 Å². The molecule has 0 aliphatic heterocycles. The first kappa shape index (κ1) is 76.6. The number of Topliss-reactive ketones (excluding diaryl/α,β-unsaturated/α-hetero) is 5. The molecule has 86 heavy (non-hydrogen) atoms. The molecular weight excluding hydrogens is 1130 g/mol. The second-order valence-electron chi connectivity index (χ2n) is 21.7. The molecule has 1 rings (SSSR count). The number of carbonyl (C=O) groups is 13. The molecule has 0 fully saturated rings. The van der Waals surface area contributed by atoms with Crippen molar-refractivity contribution in [2.24, 2.45) is 63.4 Å². The van der Waals surface area contributed by atoms with Gasteiger partial charge in [-0.15, -0.1) is 0 Å². The number of carbonyl (C=O) groups excluding carboxylic acids is 10. The Labute approximate surface area is 500 Å². The largest absolute Gasteiger partial charge is 0.481 e. The van der Waals surface area contributed by atoms with Crippen molar-refractivity contribution in [3.05, 3.63) is 35.6 Å². The van der Waals surface area contributed by atoms with Gasteiger partial charge in [0.2, 0.25) is 29.5 Å². The fourth-order valence-corrected chi connectivity index (χ4v) is 9.21. The lowest BCUT2D eigenvalue weighted by Gasteiger charge is -2.26. The third-order valence-electron chi connectivity index (χ3n) is 14.2. The van der Waals surface area contributed by atoms with E-state index in [1.807, 2.05) is 0 Å². The van der Waals surface area contributed by atoms with Gasteiger partial charge in [0.1, 0.15) is 5.82 Å². The molecule has 27 nitrogen and oxygen atoms in total. The predicted molar refractivity (Wildman–Crippen MR) is 311 cm³/mol. The number of rotatable bonds is 51. The summed E-state index contributed by atoms with van der Waals surface area (Å²) in [7, 11) is 0. The molecule has 28 heteroatoms. The zero-order chi connectivity index (χ0) is 64.7. The monoisotopic (exact) mass is 1220 g/mol. The van der Waals surface area contributed by atoms with E-state index >= 15 is 0 Å². The number of nitrogens with one attached hydrogen (secondary N) is 4. The van der Waals surface area contributed by atoms with E-state index in [4.69, 9.17) is 33.5 Å². The number of oxime groups is 1. The number of carboxylic acids is 3. The van der Waals surface area contributed by atoms with Gasteiger partial charge in [-0.1, -0.05) is 44.0 Å². The summed E-state index contributed by atoms with van der Waals surface area (Å²) in [5.74, 6) is -18.1. The van der Waals surface area contributed by atoms with E-state index < -0.39 is 194 Å². The van der Waals surface area contributed by atoms with Crippen molar-refractivity contribution in [1.82, 2.24) is 21.3 Å². The van der Waals surface area contributed by atoms with E-state index in [0.29, 0.717) is 76.4 Å². The molecule has 0 heterocycles. The van der Waals surface area contributed by atoms with Crippen LogP contribution in [0.5, 0.6) is 0 Å². The summed E-state index contributed by atoms with van der Waals surface area (Å²) in [4.78, 5) is 176. The quantitative estimate of drug-likeness (QED) is 0.0248. The van der Waals surface area contributed by atoms with Crippen molar-refractivity contribution in [2.45, 2.75) is 179 Å². The van der Waals surface area contributed by atoms with Gasteiger partial charge in [0.05, 0.1) is 49.1 Å². The molecule has 0 saturated heterocycles. The van der Waals surface area contributed by atoms with Gasteiger partial charge in [-0.25, -0.2) is 4.39 Å². The first-order valence-corrected chi connectivity index (χ1v) is 29.3. The fourth-order valence-electron chi connectivity index (χ4n) is 9.21. The van der Waals surface area contributed by atoms with E-state index in [1.165, 1.54) is 32.2 Å². The molecule has 0 unspecified atom stereocenters. The molecule has 0 aliphatic carbocycles. The molecule has 0 spiro atoms. The number of aliphatic carboxylic acids is 3. The third kappa shape index (κ3) is 32.7. The van der Waals surface area contributed by atoms with Crippen molar-refractivity contribution in [3.8, 4) is 0 Å². The highest BCUT2D eigenvalue weighted by Crippen LogP contribution is 2.23. The molecule has 17 N–H and O–H groups in total. The molecule has 1 aromatic rings. The van der Waals surface area contributed by atoms with Gasteiger partial charge in [0, 0.05) is 62.7 Å². The van der Waals surface area contributed by atoms with Crippen molar-refractivity contribution in [3.63, 3.8) is 0 Å². The summed E-state index contributed by atoms with van der Waals surface area (Å²) in [5.41, 5.74) is 28.8. The number of ketones is 5. The number of unbranched alkanes of at least 4 members (excludes halogenated alkanes) is 4. The van der Waals surface area contributed by atoms with Gasteiger partial charge in [-0.3, -0.25) is 62.3 Å². The number of hydrogen-bond donors (Lipinski definition) is 12. The van der Waals surface area contributed by atoms with E-state index in [9.17, 15) is 82.0 Å². The van der Waals surface area contributed by atoms with E-state index in [-0.39, 0.29) is 45.2 Å². The maximum absolute atomic E-state index is 14.1. The Hall–Kier alpha value is -7.43. The first-order valence-electron chi connectivity index (χ1n) is 29.3. The van der Waals surface area contributed by atoms with Crippen LogP contribution in [0.3, 0.4) is 0 Å². The van der Waals surface area contributed by atoms with Crippen LogP contribution >= 0.6 is 0 Å². The summed E-state index contributed by atoms with van der Waals surface area (Å²) in [6.45, 7) is 3.56. The number of benzene rings is 1. The topological polar surface area (TPSA) is 482 Å². The number of nitrogens with two attached hydrogens (primary N) is 5. The molecule has 5 amide bonds. The molecule has 0 aromatic heterocycles. The molecule has 0 radical (unpaired) electrons. The van der Waals surface area contributed by atoms with E-state index in [0.717, 1.165) is 12.1 Å². The van der Waals surface area contributed by atoms with Crippen LogP contribution in [-0.4, -0.2) is 155 Å². The van der Waals surface area contributed by atoms with Gasteiger partial charge < -0.3 is 70.1 Å². The van der Waals surface area contributed by atoms with Crippen molar-refractivity contribution in [1.29, 1.82) is 0 Å². The van der Waals surface area contributed by atoms with Crippen molar-refractivity contribution < 1.29 is 86.9 Å². The normalized spacial score (nSPS) is 14.1. The molecule has 8 atom stereocenters. The fraction of sp³-hybridized carbons (Fsp3) is 0.655. The van der Waals surface area contributed by atoms with Crippen LogP contribution < -0.4 is 49.9 Å². The second kappa shape index (κ2) is 43.2. The van der Waals surface area contributed by atoms with Crippen molar-refractivity contribution >= 4 is 82.6 Å². The highest BCUT2D eigenvalue weighted by Gasteiger charge is 2.36. The summed E-state index contributed by atoms with van der Waals surface area (Å²) < 4.78 is 13.2. The average Bonchev–Trinajstić information content (AvgIpc) is 3.59. The number of carboxylic acid groups (broad SMARTS) is 3. The summed E-state index contributed by atoms with van der Waals surface area (Å²) >= 11 is 0. The number of hydrogen-bond acceptors (Lipinski definition) is 19. The van der Waals surface area contributed by atoms with Crippen LogP contribution in [-0.2, 0) is 67.2 Å². The Morgan fingerprint density at radius 3 is 1.47 bits per heavy atom. The Morgan fingerprint density at radius 2 is 0.965 bits per heavy atom. The Morgan fingerprint density at radius 1 is 0.500 bits per heavy atom. The van der Waals surface area contributed by atoms with E-state index in [2.05, 4.69) is 26.4 Å². The zero-order valence-electron chi connectivity index (χ0n) is 49.4. The standard InChI is InChI=1S/C58H91FN10O17/c1-35(2)42(31-50(74)45(19-22-52(76)77)68-57(84)39(30-53(78)79)27-41(70)34-86-65-33-36-15-17-40(59)18-16-36)58(85)69-46(32-54(80)81)47(71)20-21-51(75)66-43(13-5-9-25-62)49(73)29-38(12-4-8-24-61)56(83)67-44(14-6-10-26-63)48(72)28-37(55(64)82)11-3-7-23-60/h15-18,33,35,37-39,42-46H,3-14,19-32,34,60-63H2,1-2H3,(H2,64,82)(H,66,75)(H,67,83)(H,68,84)(H,69,85)(H,76,77)(H,78,79)(H,80,81)/t37-,38-,39+,42+,43+,44+,45+,46+/m1/s1. The van der Waals surface area contributed by atoms with Crippen LogP contribution in [0, 0.1) is 35.4 Å². The highest BCUT2D eigenvalue weighted by molar-refractivity contribution is 5.99.